The fourth-order valence-corrected chi connectivity index (χ4v) is 3.23. The maximum atomic E-state index is 12.6. The van der Waals surface area contributed by atoms with Crippen LogP contribution in [0.2, 0.25) is 0 Å². The van der Waals surface area contributed by atoms with Gasteiger partial charge in [0.2, 0.25) is 0 Å². The number of guanidine groups is 1. The minimum atomic E-state index is -4.69. The number of ether oxygens (including phenoxy) is 2. The SMILES string of the molecule is CN=C(NCCN1CCOCC1)NC1CC1c1ccccc1OC(F)(F)F. The highest BCUT2D eigenvalue weighted by molar-refractivity contribution is 5.80. The number of alkyl halides is 3. The molecule has 1 aromatic carbocycles. The van der Waals surface area contributed by atoms with Gasteiger partial charge in [0.1, 0.15) is 5.75 Å². The van der Waals surface area contributed by atoms with Gasteiger partial charge in [0.25, 0.3) is 0 Å². The predicted molar refractivity (Wildman–Crippen MR) is 96.0 cm³/mol. The molecule has 2 atom stereocenters. The van der Waals surface area contributed by atoms with Gasteiger partial charge in [0.15, 0.2) is 5.96 Å². The number of aliphatic imine (C=N–C) groups is 1. The molecule has 0 bridgehead atoms. The van der Waals surface area contributed by atoms with Crippen molar-refractivity contribution in [2.45, 2.75) is 24.7 Å². The van der Waals surface area contributed by atoms with Crippen LogP contribution < -0.4 is 15.4 Å². The molecule has 2 fully saturated rings. The molecule has 0 aromatic heterocycles. The molecule has 0 spiro atoms. The second-order valence-electron chi connectivity index (χ2n) is 6.63. The molecule has 9 heteroatoms. The van der Waals surface area contributed by atoms with Crippen LogP contribution in [0.1, 0.15) is 17.9 Å². The number of hydrogen-bond donors (Lipinski definition) is 2. The zero-order valence-electron chi connectivity index (χ0n) is 15.3. The summed E-state index contributed by atoms with van der Waals surface area (Å²) in [6.07, 6.45) is -3.95. The van der Waals surface area contributed by atoms with Gasteiger partial charge >= 0.3 is 6.36 Å². The zero-order chi connectivity index (χ0) is 19.3. The van der Waals surface area contributed by atoms with Crippen LogP contribution >= 0.6 is 0 Å². The van der Waals surface area contributed by atoms with Gasteiger partial charge in [-0.3, -0.25) is 9.89 Å². The van der Waals surface area contributed by atoms with E-state index in [1.807, 2.05) is 0 Å². The van der Waals surface area contributed by atoms with Gasteiger partial charge in [0, 0.05) is 45.2 Å². The van der Waals surface area contributed by atoms with E-state index in [0.717, 1.165) is 45.8 Å². The first-order chi connectivity index (χ1) is 13.0. The number of benzene rings is 1. The zero-order valence-corrected chi connectivity index (χ0v) is 15.3. The van der Waals surface area contributed by atoms with Gasteiger partial charge in [0.05, 0.1) is 13.2 Å². The number of nitrogens with zero attached hydrogens (tertiary/aromatic N) is 2. The Morgan fingerprint density at radius 2 is 2.04 bits per heavy atom. The maximum Gasteiger partial charge on any atom is 0.573 e. The Morgan fingerprint density at radius 1 is 1.30 bits per heavy atom. The molecule has 3 rings (SSSR count). The molecule has 1 aromatic rings. The van der Waals surface area contributed by atoms with Crippen molar-refractivity contribution in [1.29, 1.82) is 0 Å². The van der Waals surface area contributed by atoms with Gasteiger partial charge in [-0.05, 0) is 18.1 Å². The number of para-hydroxylation sites is 1. The van der Waals surface area contributed by atoms with E-state index in [2.05, 4.69) is 25.3 Å². The summed E-state index contributed by atoms with van der Waals surface area (Å²) in [5.74, 6) is 0.501. The Labute approximate surface area is 156 Å². The molecular formula is C18H25F3N4O2. The van der Waals surface area contributed by atoms with Crippen molar-refractivity contribution >= 4 is 5.96 Å². The maximum absolute atomic E-state index is 12.6. The van der Waals surface area contributed by atoms with E-state index in [-0.39, 0.29) is 17.7 Å². The van der Waals surface area contributed by atoms with Crippen molar-refractivity contribution in [3.63, 3.8) is 0 Å². The minimum absolute atomic E-state index is 0.0265. The van der Waals surface area contributed by atoms with Gasteiger partial charge in [-0.15, -0.1) is 13.2 Å². The van der Waals surface area contributed by atoms with Crippen LogP contribution in [0.25, 0.3) is 0 Å². The van der Waals surface area contributed by atoms with Crippen LogP contribution in [0.3, 0.4) is 0 Å². The summed E-state index contributed by atoms with van der Waals surface area (Å²) < 4.78 is 47.2. The lowest BCUT2D eigenvalue weighted by molar-refractivity contribution is -0.274. The van der Waals surface area contributed by atoms with Crippen LogP contribution in [0.15, 0.2) is 29.3 Å². The number of rotatable bonds is 6. The highest BCUT2D eigenvalue weighted by atomic mass is 19.4. The van der Waals surface area contributed by atoms with Gasteiger partial charge in [-0.2, -0.15) is 0 Å². The molecule has 1 saturated carbocycles. The Hall–Kier alpha value is -2.00. The fourth-order valence-electron chi connectivity index (χ4n) is 3.23. The van der Waals surface area contributed by atoms with E-state index in [1.165, 1.54) is 6.07 Å². The van der Waals surface area contributed by atoms with E-state index in [9.17, 15) is 13.2 Å². The Balaban J connectivity index is 1.48. The summed E-state index contributed by atoms with van der Waals surface area (Å²) in [5.41, 5.74) is 0.566. The third-order valence-electron chi connectivity index (χ3n) is 4.70. The molecule has 2 unspecified atom stereocenters. The second-order valence-corrected chi connectivity index (χ2v) is 6.63. The summed E-state index contributed by atoms with van der Waals surface area (Å²) in [4.78, 5) is 6.51. The number of halogens is 3. The quantitative estimate of drug-likeness (QED) is 0.578. The molecule has 0 radical (unpaired) electrons. The number of morpholine rings is 1. The first-order valence-corrected chi connectivity index (χ1v) is 9.08. The first kappa shape index (κ1) is 19.8. The molecule has 1 saturated heterocycles. The van der Waals surface area contributed by atoms with Crippen LogP contribution in [-0.2, 0) is 4.74 Å². The van der Waals surface area contributed by atoms with Crippen molar-refractivity contribution in [3.05, 3.63) is 29.8 Å². The van der Waals surface area contributed by atoms with Gasteiger partial charge in [-0.25, -0.2) is 0 Å². The second kappa shape index (κ2) is 8.79. The third-order valence-corrected chi connectivity index (χ3v) is 4.70. The smallest absolute Gasteiger partial charge is 0.405 e. The van der Waals surface area contributed by atoms with E-state index in [1.54, 1.807) is 25.2 Å². The van der Waals surface area contributed by atoms with E-state index in [0.29, 0.717) is 11.5 Å². The lowest BCUT2D eigenvalue weighted by Crippen LogP contribution is -2.45. The Kier molecular flexibility index (Phi) is 6.43. The topological polar surface area (TPSA) is 58.1 Å². The molecule has 2 N–H and O–H groups in total. The van der Waals surface area contributed by atoms with E-state index < -0.39 is 6.36 Å². The van der Waals surface area contributed by atoms with Crippen LogP contribution in [0.5, 0.6) is 5.75 Å². The highest BCUT2D eigenvalue weighted by Gasteiger charge is 2.42. The largest absolute Gasteiger partial charge is 0.573 e. The highest BCUT2D eigenvalue weighted by Crippen LogP contribution is 2.45. The number of nitrogens with one attached hydrogen (secondary N) is 2. The number of hydrogen-bond acceptors (Lipinski definition) is 4. The molecule has 6 nitrogen and oxygen atoms in total. The van der Waals surface area contributed by atoms with E-state index >= 15 is 0 Å². The Morgan fingerprint density at radius 3 is 2.74 bits per heavy atom. The third kappa shape index (κ3) is 6.00. The molecule has 1 heterocycles. The Bertz CT molecular complexity index is 648. The molecule has 150 valence electrons. The normalized spacial score (nSPS) is 23.8. The molecular weight excluding hydrogens is 361 g/mol. The predicted octanol–water partition coefficient (Wildman–Crippen LogP) is 1.94. The van der Waals surface area contributed by atoms with Gasteiger partial charge < -0.3 is 20.1 Å². The van der Waals surface area contributed by atoms with Crippen molar-refractivity contribution in [2.75, 3.05) is 46.4 Å². The summed E-state index contributed by atoms with van der Waals surface area (Å²) in [7, 11) is 1.68. The standard InChI is InChI=1S/C18H25F3N4O2/c1-22-17(23-6-7-25-8-10-26-11-9-25)24-15-12-14(15)13-4-2-3-5-16(13)27-18(19,20)21/h2-5,14-15H,6-12H2,1H3,(H2,22,23,24). The molecule has 27 heavy (non-hydrogen) atoms. The van der Waals surface area contributed by atoms with E-state index in [4.69, 9.17) is 4.74 Å². The van der Waals surface area contributed by atoms with Crippen LogP contribution in [0, 0.1) is 0 Å². The van der Waals surface area contributed by atoms with Gasteiger partial charge in [-0.1, -0.05) is 18.2 Å². The molecule has 1 aliphatic carbocycles. The summed E-state index contributed by atoms with van der Waals surface area (Å²) in [6, 6.07) is 6.35. The lowest BCUT2D eigenvalue weighted by atomic mass is 10.1. The van der Waals surface area contributed by atoms with Crippen LogP contribution in [-0.4, -0.2) is 69.7 Å². The monoisotopic (exact) mass is 386 g/mol. The van der Waals surface area contributed by atoms with Crippen molar-refractivity contribution in [1.82, 2.24) is 15.5 Å². The average molecular weight is 386 g/mol. The average Bonchev–Trinajstić information content (AvgIpc) is 3.40. The molecule has 0 amide bonds. The lowest BCUT2D eigenvalue weighted by Gasteiger charge is -2.26. The minimum Gasteiger partial charge on any atom is -0.405 e. The van der Waals surface area contributed by atoms with Crippen molar-refractivity contribution in [3.8, 4) is 5.75 Å². The van der Waals surface area contributed by atoms with Crippen molar-refractivity contribution < 1.29 is 22.6 Å². The summed E-state index contributed by atoms with van der Waals surface area (Å²) in [5, 5.41) is 6.53. The first-order valence-electron chi connectivity index (χ1n) is 9.08. The molecule has 2 aliphatic rings. The fraction of sp³-hybridized carbons (Fsp3) is 0.611. The summed E-state index contributed by atoms with van der Waals surface area (Å²) >= 11 is 0. The summed E-state index contributed by atoms with van der Waals surface area (Å²) in [6.45, 7) is 5.00. The van der Waals surface area contributed by atoms with Crippen molar-refractivity contribution in [2.24, 2.45) is 4.99 Å². The van der Waals surface area contributed by atoms with Crippen LogP contribution in [0.4, 0.5) is 13.2 Å². The molecule has 1 aliphatic heterocycles.